The maximum absolute atomic E-state index is 12.2. The van der Waals surface area contributed by atoms with Gasteiger partial charge in [0.05, 0.1) is 0 Å². The molecule has 1 aromatic heterocycles. The number of anilines is 2. The SMILES string of the molecule is CC1Cc2ccccc2N1c1cc(C(=O)NC2CC2)ncn1. The highest BCUT2D eigenvalue weighted by Crippen LogP contribution is 2.37. The zero-order chi connectivity index (χ0) is 15.1. The highest BCUT2D eigenvalue weighted by molar-refractivity contribution is 5.93. The van der Waals surface area contributed by atoms with E-state index in [0.29, 0.717) is 17.8 Å². The van der Waals surface area contributed by atoms with Gasteiger partial charge in [-0.1, -0.05) is 18.2 Å². The van der Waals surface area contributed by atoms with Crippen LogP contribution in [-0.4, -0.2) is 28.0 Å². The third-order valence-electron chi connectivity index (χ3n) is 4.25. The van der Waals surface area contributed by atoms with Crippen LogP contribution in [0.5, 0.6) is 0 Å². The lowest BCUT2D eigenvalue weighted by Gasteiger charge is -2.23. The van der Waals surface area contributed by atoms with E-state index in [2.05, 4.69) is 45.3 Å². The number of nitrogens with one attached hydrogen (secondary N) is 1. The Bertz CT molecular complexity index is 726. The second-order valence-corrected chi connectivity index (χ2v) is 6.06. The molecule has 2 aliphatic rings. The number of carbonyl (C=O) groups is 1. The fourth-order valence-corrected chi connectivity index (χ4v) is 3.00. The fourth-order valence-electron chi connectivity index (χ4n) is 3.00. The van der Waals surface area contributed by atoms with Gasteiger partial charge in [0.25, 0.3) is 5.91 Å². The van der Waals surface area contributed by atoms with Crippen molar-refractivity contribution in [2.24, 2.45) is 0 Å². The van der Waals surface area contributed by atoms with E-state index in [0.717, 1.165) is 25.1 Å². The van der Waals surface area contributed by atoms with Crippen LogP contribution in [-0.2, 0) is 6.42 Å². The molecule has 112 valence electrons. The summed E-state index contributed by atoms with van der Waals surface area (Å²) in [6, 6.07) is 10.8. The average Bonchev–Trinajstić information content (AvgIpc) is 3.27. The van der Waals surface area contributed by atoms with Crippen LogP contribution in [0.15, 0.2) is 36.7 Å². The topological polar surface area (TPSA) is 58.1 Å². The van der Waals surface area contributed by atoms with Gasteiger partial charge < -0.3 is 10.2 Å². The third kappa shape index (κ3) is 2.32. The van der Waals surface area contributed by atoms with Crippen LogP contribution in [0.25, 0.3) is 0 Å². The van der Waals surface area contributed by atoms with E-state index < -0.39 is 0 Å². The summed E-state index contributed by atoms with van der Waals surface area (Å²) in [6.07, 6.45) is 4.61. The Labute approximate surface area is 129 Å². The molecule has 1 saturated carbocycles. The second-order valence-electron chi connectivity index (χ2n) is 6.06. The van der Waals surface area contributed by atoms with Crippen LogP contribution < -0.4 is 10.2 Å². The molecule has 4 rings (SSSR count). The Balaban J connectivity index is 1.66. The lowest BCUT2D eigenvalue weighted by molar-refractivity contribution is 0.0946. The number of para-hydroxylation sites is 1. The molecule has 1 amide bonds. The smallest absolute Gasteiger partial charge is 0.270 e. The van der Waals surface area contributed by atoms with Gasteiger partial charge in [0.15, 0.2) is 0 Å². The molecule has 1 aliphatic heterocycles. The molecular weight excluding hydrogens is 276 g/mol. The lowest BCUT2D eigenvalue weighted by Crippen LogP contribution is -2.28. The molecular formula is C17H18N4O. The number of benzene rings is 1. The van der Waals surface area contributed by atoms with Gasteiger partial charge in [-0.15, -0.1) is 0 Å². The molecule has 2 heterocycles. The summed E-state index contributed by atoms with van der Waals surface area (Å²) in [6.45, 7) is 2.17. The van der Waals surface area contributed by atoms with Gasteiger partial charge in [0.2, 0.25) is 0 Å². The summed E-state index contributed by atoms with van der Waals surface area (Å²) >= 11 is 0. The molecule has 1 fully saturated rings. The molecule has 2 aromatic rings. The van der Waals surface area contributed by atoms with Crippen LogP contribution in [0, 0.1) is 0 Å². The first-order valence-electron chi connectivity index (χ1n) is 7.72. The van der Waals surface area contributed by atoms with Crippen LogP contribution in [0.3, 0.4) is 0 Å². The number of carbonyl (C=O) groups excluding carboxylic acids is 1. The van der Waals surface area contributed by atoms with Gasteiger partial charge in [0, 0.05) is 23.8 Å². The van der Waals surface area contributed by atoms with Gasteiger partial charge >= 0.3 is 0 Å². The molecule has 0 bridgehead atoms. The van der Waals surface area contributed by atoms with E-state index in [4.69, 9.17) is 0 Å². The largest absolute Gasteiger partial charge is 0.348 e. The van der Waals surface area contributed by atoms with Gasteiger partial charge in [-0.2, -0.15) is 0 Å². The first kappa shape index (κ1) is 13.2. The zero-order valence-electron chi connectivity index (χ0n) is 12.5. The number of hydrogen-bond donors (Lipinski definition) is 1. The average molecular weight is 294 g/mol. The van der Waals surface area contributed by atoms with Crippen LogP contribution >= 0.6 is 0 Å². The van der Waals surface area contributed by atoms with Crippen molar-refractivity contribution in [2.45, 2.75) is 38.3 Å². The van der Waals surface area contributed by atoms with E-state index in [-0.39, 0.29) is 5.91 Å². The van der Waals surface area contributed by atoms with Crippen LogP contribution in [0.1, 0.15) is 35.8 Å². The van der Waals surface area contributed by atoms with Crippen molar-refractivity contribution >= 4 is 17.4 Å². The van der Waals surface area contributed by atoms with Crippen LogP contribution in [0.4, 0.5) is 11.5 Å². The van der Waals surface area contributed by atoms with Crippen molar-refractivity contribution in [2.75, 3.05) is 4.90 Å². The minimum Gasteiger partial charge on any atom is -0.348 e. The maximum Gasteiger partial charge on any atom is 0.270 e. The molecule has 1 unspecified atom stereocenters. The van der Waals surface area contributed by atoms with E-state index in [1.807, 2.05) is 6.07 Å². The number of nitrogens with zero attached hydrogens (tertiary/aromatic N) is 3. The second kappa shape index (κ2) is 5.09. The fraction of sp³-hybridized carbons (Fsp3) is 0.353. The number of hydrogen-bond acceptors (Lipinski definition) is 4. The van der Waals surface area contributed by atoms with E-state index in [9.17, 15) is 4.79 Å². The molecule has 1 N–H and O–H groups in total. The monoisotopic (exact) mass is 294 g/mol. The molecule has 1 aromatic carbocycles. The summed E-state index contributed by atoms with van der Waals surface area (Å²) in [5.41, 5.74) is 2.92. The minimum absolute atomic E-state index is 0.105. The number of rotatable bonds is 3. The van der Waals surface area contributed by atoms with Crippen molar-refractivity contribution < 1.29 is 4.79 Å². The summed E-state index contributed by atoms with van der Waals surface area (Å²) in [7, 11) is 0. The normalized spacial score (nSPS) is 19.9. The zero-order valence-corrected chi connectivity index (χ0v) is 12.5. The molecule has 0 spiro atoms. The summed E-state index contributed by atoms with van der Waals surface area (Å²) in [5.74, 6) is 0.680. The van der Waals surface area contributed by atoms with Gasteiger partial charge in [-0.05, 0) is 37.8 Å². The molecule has 22 heavy (non-hydrogen) atoms. The number of fused-ring (bicyclic) bond motifs is 1. The van der Waals surface area contributed by atoms with Crippen molar-refractivity contribution in [1.82, 2.24) is 15.3 Å². The summed E-state index contributed by atoms with van der Waals surface area (Å²) in [4.78, 5) is 22.9. The molecule has 1 atom stereocenters. The van der Waals surface area contributed by atoms with Crippen molar-refractivity contribution in [1.29, 1.82) is 0 Å². The first-order valence-corrected chi connectivity index (χ1v) is 7.72. The highest BCUT2D eigenvalue weighted by atomic mass is 16.2. The first-order chi connectivity index (χ1) is 10.7. The van der Waals surface area contributed by atoms with E-state index in [1.165, 1.54) is 17.6 Å². The number of amides is 1. The van der Waals surface area contributed by atoms with Gasteiger partial charge in [-0.25, -0.2) is 9.97 Å². The Morgan fingerprint density at radius 1 is 1.27 bits per heavy atom. The number of aromatic nitrogens is 2. The Morgan fingerprint density at radius 2 is 2.09 bits per heavy atom. The van der Waals surface area contributed by atoms with Crippen molar-refractivity contribution in [3.8, 4) is 0 Å². The van der Waals surface area contributed by atoms with Crippen molar-refractivity contribution in [3.05, 3.63) is 47.9 Å². The molecule has 1 aliphatic carbocycles. The molecule has 5 nitrogen and oxygen atoms in total. The highest BCUT2D eigenvalue weighted by Gasteiger charge is 2.29. The predicted molar refractivity (Wildman–Crippen MR) is 84.3 cm³/mol. The molecule has 5 heteroatoms. The Kier molecular flexibility index (Phi) is 3.06. The maximum atomic E-state index is 12.2. The summed E-state index contributed by atoms with van der Waals surface area (Å²) in [5, 5.41) is 2.97. The Hall–Kier alpha value is -2.43. The lowest BCUT2D eigenvalue weighted by atomic mass is 10.1. The van der Waals surface area contributed by atoms with Gasteiger partial charge in [-0.3, -0.25) is 4.79 Å². The van der Waals surface area contributed by atoms with Crippen LogP contribution in [0.2, 0.25) is 0 Å². The Morgan fingerprint density at radius 3 is 2.91 bits per heavy atom. The van der Waals surface area contributed by atoms with E-state index in [1.54, 1.807) is 6.07 Å². The van der Waals surface area contributed by atoms with E-state index >= 15 is 0 Å². The third-order valence-corrected chi connectivity index (χ3v) is 4.25. The van der Waals surface area contributed by atoms with Gasteiger partial charge in [0.1, 0.15) is 17.8 Å². The molecule has 0 saturated heterocycles. The minimum atomic E-state index is -0.105. The summed E-state index contributed by atoms with van der Waals surface area (Å²) < 4.78 is 0. The molecule has 0 radical (unpaired) electrons. The van der Waals surface area contributed by atoms with Crippen molar-refractivity contribution in [3.63, 3.8) is 0 Å². The standard InChI is InChI=1S/C17H18N4O/c1-11-8-12-4-2-3-5-15(12)21(11)16-9-14(18-10-19-16)17(22)20-13-6-7-13/h2-5,9-11,13H,6-8H2,1H3,(H,20,22). The quantitative estimate of drug-likeness (QED) is 0.944. The predicted octanol–water partition coefficient (Wildman–Crippen LogP) is 2.45.